The molecule has 1 amide bonds. The first-order valence-electron chi connectivity index (χ1n) is 6.60. The Bertz CT molecular complexity index is 625. The van der Waals surface area contributed by atoms with Crippen LogP contribution in [0.15, 0.2) is 23.1 Å². The second kappa shape index (κ2) is 5.54. The molecule has 1 atom stereocenters. The first kappa shape index (κ1) is 15.0. The van der Waals surface area contributed by atoms with Crippen LogP contribution in [0.5, 0.6) is 0 Å². The van der Waals surface area contributed by atoms with Crippen molar-refractivity contribution in [1.29, 1.82) is 0 Å². The van der Waals surface area contributed by atoms with E-state index in [-0.39, 0.29) is 16.7 Å². The Balaban J connectivity index is 2.04. The summed E-state index contributed by atoms with van der Waals surface area (Å²) in [6.45, 7) is 4.73. The van der Waals surface area contributed by atoms with Crippen LogP contribution in [-0.4, -0.2) is 39.4 Å². The van der Waals surface area contributed by atoms with Crippen molar-refractivity contribution in [1.82, 2.24) is 9.62 Å². The van der Waals surface area contributed by atoms with E-state index >= 15 is 0 Å². The zero-order valence-corrected chi connectivity index (χ0v) is 12.8. The van der Waals surface area contributed by atoms with Gasteiger partial charge < -0.3 is 4.90 Å². The van der Waals surface area contributed by atoms with E-state index in [2.05, 4.69) is 4.72 Å². The summed E-state index contributed by atoms with van der Waals surface area (Å²) in [4.78, 5) is 13.3. The Morgan fingerprint density at radius 2 is 2.00 bits per heavy atom. The summed E-state index contributed by atoms with van der Waals surface area (Å²) >= 11 is 0. The van der Waals surface area contributed by atoms with Crippen LogP contribution in [0.25, 0.3) is 0 Å². The number of hydrogen-bond donors (Lipinski definition) is 1. The van der Waals surface area contributed by atoms with Crippen molar-refractivity contribution in [3.05, 3.63) is 29.3 Å². The van der Waals surface area contributed by atoms with Gasteiger partial charge in [0.25, 0.3) is 0 Å². The number of nitrogens with one attached hydrogen (secondary N) is 1. The predicted octanol–water partition coefficient (Wildman–Crippen LogP) is 1.06. The van der Waals surface area contributed by atoms with Crippen LogP contribution in [0.3, 0.4) is 0 Å². The van der Waals surface area contributed by atoms with E-state index < -0.39 is 10.0 Å². The molecular formula is C14H20N2O3S. The number of nitrogens with zero attached hydrogens (tertiary/aromatic N) is 1. The molecule has 0 saturated carbocycles. The van der Waals surface area contributed by atoms with Crippen molar-refractivity contribution in [2.45, 2.75) is 25.2 Å². The summed E-state index contributed by atoms with van der Waals surface area (Å²) in [5.41, 5.74) is 2.01. The van der Waals surface area contributed by atoms with E-state index in [9.17, 15) is 13.2 Å². The van der Waals surface area contributed by atoms with Crippen LogP contribution in [0, 0.1) is 19.8 Å². The molecule has 1 heterocycles. The highest BCUT2D eigenvalue weighted by Gasteiger charge is 2.28. The molecule has 0 radical (unpaired) electrons. The van der Waals surface area contributed by atoms with Crippen LogP contribution < -0.4 is 4.72 Å². The molecule has 1 saturated heterocycles. The van der Waals surface area contributed by atoms with Crippen molar-refractivity contribution in [2.75, 3.05) is 20.1 Å². The molecule has 5 nitrogen and oxygen atoms in total. The van der Waals surface area contributed by atoms with Gasteiger partial charge in [0.05, 0.1) is 4.90 Å². The van der Waals surface area contributed by atoms with Gasteiger partial charge in [0.1, 0.15) is 0 Å². The molecule has 2 rings (SSSR count). The zero-order valence-electron chi connectivity index (χ0n) is 12.0. The van der Waals surface area contributed by atoms with Crippen molar-refractivity contribution < 1.29 is 13.2 Å². The molecule has 0 bridgehead atoms. The lowest BCUT2D eigenvalue weighted by molar-refractivity contribution is -0.126. The fraction of sp³-hybridized carbons (Fsp3) is 0.500. The zero-order chi connectivity index (χ0) is 14.9. The summed E-state index contributed by atoms with van der Waals surface area (Å²) in [5.74, 6) is 0.120. The minimum atomic E-state index is -3.50. The summed E-state index contributed by atoms with van der Waals surface area (Å²) in [6.07, 6.45) is 0.409. The molecule has 1 aromatic carbocycles. The minimum absolute atomic E-state index is 0.0498. The monoisotopic (exact) mass is 296 g/mol. The molecule has 1 N–H and O–H groups in total. The summed E-state index contributed by atoms with van der Waals surface area (Å²) in [7, 11) is -1.77. The smallest absolute Gasteiger partial charge is 0.240 e. The topological polar surface area (TPSA) is 66.5 Å². The van der Waals surface area contributed by atoms with Gasteiger partial charge in [-0.05, 0) is 43.0 Å². The van der Waals surface area contributed by atoms with Crippen molar-refractivity contribution in [3.63, 3.8) is 0 Å². The SMILES string of the molecule is Cc1ccc(S(=O)(=O)NCC2CC(=O)N(C)C2)cc1C. The van der Waals surface area contributed by atoms with Crippen LogP contribution in [-0.2, 0) is 14.8 Å². The Morgan fingerprint density at radius 3 is 2.55 bits per heavy atom. The second-order valence-electron chi connectivity index (χ2n) is 5.44. The standard InChI is InChI=1S/C14H20N2O3S/c1-10-4-5-13(6-11(10)2)20(18,19)15-8-12-7-14(17)16(3)9-12/h4-6,12,15H,7-9H2,1-3H3. The van der Waals surface area contributed by atoms with Gasteiger partial charge in [-0.15, -0.1) is 0 Å². The van der Waals surface area contributed by atoms with Crippen molar-refractivity contribution >= 4 is 15.9 Å². The molecule has 110 valence electrons. The second-order valence-corrected chi connectivity index (χ2v) is 7.21. The molecule has 1 aromatic rings. The number of rotatable bonds is 4. The summed E-state index contributed by atoms with van der Waals surface area (Å²) < 4.78 is 27.0. The number of hydrogen-bond acceptors (Lipinski definition) is 3. The van der Waals surface area contributed by atoms with Crippen LogP contribution in [0.4, 0.5) is 0 Å². The molecule has 0 aliphatic carbocycles. The van der Waals surface area contributed by atoms with E-state index in [1.54, 1.807) is 30.1 Å². The minimum Gasteiger partial charge on any atom is -0.345 e. The third-order valence-corrected chi connectivity index (χ3v) is 5.19. The lowest BCUT2D eigenvalue weighted by atomic mass is 10.1. The first-order chi connectivity index (χ1) is 9.29. The van der Waals surface area contributed by atoms with E-state index in [4.69, 9.17) is 0 Å². The molecule has 1 aliphatic heterocycles. The maximum Gasteiger partial charge on any atom is 0.240 e. The normalized spacial score (nSPS) is 19.6. The van der Waals surface area contributed by atoms with Crippen LogP contribution in [0.2, 0.25) is 0 Å². The summed E-state index contributed by atoms with van der Waals surface area (Å²) in [5, 5.41) is 0. The third kappa shape index (κ3) is 3.19. The van der Waals surface area contributed by atoms with Gasteiger partial charge in [-0.2, -0.15) is 0 Å². The number of amides is 1. The fourth-order valence-electron chi connectivity index (χ4n) is 2.29. The predicted molar refractivity (Wildman–Crippen MR) is 76.8 cm³/mol. The van der Waals surface area contributed by atoms with E-state index in [0.29, 0.717) is 19.5 Å². The van der Waals surface area contributed by atoms with Crippen LogP contribution >= 0.6 is 0 Å². The van der Waals surface area contributed by atoms with Gasteiger partial charge >= 0.3 is 0 Å². The van der Waals surface area contributed by atoms with Gasteiger partial charge in [0.15, 0.2) is 0 Å². The number of aryl methyl sites for hydroxylation is 2. The molecule has 1 unspecified atom stereocenters. The fourth-order valence-corrected chi connectivity index (χ4v) is 3.49. The molecule has 1 fully saturated rings. The lowest BCUT2D eigenvalue weighted by Gasteiger charge is -2.12. The number of carbonyl (C=O) groups is 1. The van der Waals surface area contributed by atoms with E-state index in [0.717, 1.165) is 11.1 Å². The average Bonchev–Trinajstić information content (AvgIpc) is 2.70. The summed E-state index contributed by atoms with van der Waals surface area (Å²) in [6, 6.07) is 5.08. The average molecular weight is 296 g/mol. The molecule has 0 aromatic heterocycles. The van der Waals surface area contributed by atoms with Gasteiger partial charge in [0.2, 0.25) is 15.9 Å². The third-order valence-electron chi connectivity index (χ3n) is 3.77. The largest absolute Gasteiger partial charge is 0.345 e. The van der Waals surface area contributed by atoms with E-state index in [1.165, 1.54) is 0 Å². The van der Waals surface area contributed by atoms with Gasteiger partial charge in [-0.25, -0.2) is 13.1 Å². The van der Waals surface area contributed by atoms with Crippen molar-refractivity contribution in [2.24, 2.45) is 5.92 Å². The highest BCUT2D eigenvalue weighted by molar-refractivity contribution is 7.89. The number of benzene rings is 1. The number of carbonyl (C=O) groups excluding carboxylic acids is 1. The molecule has 0 spiro atoms. The molecular weight excluding hydrogens is 276 g/mol. The Labute approximate surface area is 120 Å². The maximum absolute atomic E-state index is 12.2. The Kier molecular flexibility index (Phi) is 4.15. The highest BCUT2D eigenvalue weighted by Crippen LogP contribution is 2.17. The Morgan fingerprint density at radius 1 is 1.30 bits per heavy atom. The molecule has 20 heavy (non-hydrogen) atoms. The van der Waals surface area contributed by atoms with E-state index in [1.807, 2.05) is 13.8 Å². The first-order valence-corrected chi connectivity index (χ1v) is 8.09. The lowest BCUT2D eigenvalue weighted by Crippen LogP contribution is -2.30. The van der Waals surface area contributed by atoms with Gasteiger partial charge in [0, 0.05) is 26.6 Å². The van der Waals surface area contributed by atoms with Crippen molar-refractivity contribution in [3.8, 4) is 0 Å². The quantitative estimate of drug-likeness (QED) is 0.903. The number of likely N-dealkylation sites (tertiary alicyclic amines) is 1. The number of sulfonamides is 1. The highest BCUT2D eigenvalue weighted by atomic mass is 32.2. The maximum atomic E-state index is 12.2. The van der Waals surface area contributed by atoms with Gasteiger partial charge in [-0.3, -0.25) is 4.79 Å². The van der Waals surface area contributed by atoms with Gasteiger partial charge in [-0.1, -0.05) is 6.07 Å². The molecule has 6 heteroatoms. The van der Waals surface area contributed by atoms with Crippen LogP contribution in [0.1, 0.15) is 17.5 Å². The molecule has 1 aliphatic rings. The Hall–Kier alpha value is -1.40.